The minimum absolute atomic E-state index is 0.0999. The van der Waals surface area contributed by atoms with Crippen molar-refractivity contribution in [2.45, 2.75) is 71.5 Å². The van der Waals surface area contributed by atoms with Crippen LogP contribution < -0.4 is 0 Å². The molecule has 2 aliphatic rings. The summed E-state index contributed by atoms with van der Waals surface area (Å²) in [5, 5.41) is 0. The average Bonchev–Trinajstić information content (AvgIpc) is 4.11. The molecule has 0 bridgehead atoms. The highest BCUT2D eigenvalue weighted by molar-refractivity contribution is 6.40. The van der Waals surface area contributed by atoms with E-state index in [2.05, 4.69) is 55.3 Å². The maximum absolute atomic E-state index is 14.2. The Balaban J connectivity index is 0.990. The van der Waals surface area contributed by atoms with Gasteiger partial charge >= 0.3 is 6.09 Å². The van der Waals surface area contributed by atoms with Crippen molar-refractivity contribution in [3.8, 4) is 34.4 Å². The first-order valence-corrected chi connectivity index (χ1v) is 20.6. The van der Waals surface area contributed by atoms with Gasteiger partial charge in [-0.05, 0) is 79.7 Å². The number of amides is 3. The third-order valence-corrected chi connectivity index (χ3v) is 11.3. The number of hydrogen-bond acceptors (Lipinski definition) is 7. The largest absolute Gasteiger partial charge is 0.451 e. The summed E-state index contributed by atoms with van der Waals surface area (Å²) < 4.78 is 4.68. The molecule has 4 heterocycles. The number of carbonyl (C=O) groups is 3. The molecule has 3 unspecified atom stereocenters. The summed E-state index contributed by atoms with van der Waals surface area (Å²) in [6.45, 7) is 10.7. The molecule has 0 aliphatic carbocycles. The smallest absolute Gasteiger partial charge is 0.433 e. The number of hydrogen-bond donors (Lipinski definition) is 2. The first-order valence-electron chi connectivity index (χ1n) is 20.6. The van der Waals surface area contributed by atoms with Gasteiger partial charge in [-0.3, -0.25) is 14.5 Å². The van der Waals surface area contributed by atoms with Crippen molar-refractivity contribution >= 4 is 23.6 Å². The van der Waals surface area contributed by atoms with Gasteiger partial charge in [-0.25, -0.2) is 14.8 Å². The predicted molar refractivity (Wildman–Crippen MR) is 228 cm³/mol. The number of likely N-dealkylation sites (N-methyl/N-ethyl adjacent to an activating group) is 1. The molecule has 0 saturated carbocycles. The van der Waals surface area contributed by atoms with Crippen LogP contribution in [0.5, 0.6) is 0 Å². The van der Waals surface area contributed by atoms with E-state index in [1.165, 1.54) is 7.11 Å². The summed E-state index contributed by atoms with van der Waals surface area (Å²) in [4.78, 5) is 65.8. The number of likely N-dealkylation sites (tertiary alicyclic amines) is 2. The molecule has 5 aromatic rings. The fourth-order valence-electron chi connectivity index (χ4n) is 8.13. The minimum Gasteiger partial charge on any atom is -0.451 e. The number of benzene rings is 3. The van der Waals surface area contributed by atoms with E-state index in [4.69, 9.17) is 4.98 Å². The van der Waals surface area contributed by atoms with E-state index in [-0.39, 0.29) is 41.6 Å². The zero-order valence-corrected chi connectivity index (χ0v) is 34.4. The number of imidazole rings is 2. The second-order valence-corrected chi connectivity index (χ2v) is 15.3. The summed E-state index contributed by atoms with van der Waals surface area (Å²) in [5.41, 5.74) is 6.66. The molecule has 59 heavy (non-hydrogen) atoms. The number of rotatable bonds is 11. The fourth-order valence-corrected chi connectivity index (χ4v) is 8.13. The van der Waals surface area contributed by atoms with Gasteiger partial charge in [-0.1, -0.05) is 94.1 Å². The first-order chi connectivity index (χ1) is 28.7. The lowest BCUT2D eigenvalue weighted by Gasteiger charge is -2.34. The van der Waals surface area contributed by atoms with Gasteiger partial charge in [-0.15, -0.1) is 0 Å². The molecule has 0 spiro atoms. The summed E-state index contributed by atoms with van der Waals surface area (Å²) in [7, 11) is 1.25. The zero-order chi connectivity index (χ0) is 41.5. The van der Waals surface area contributed by atoms with Crippen LogP contribution in [0.2, 0.25) is 0 Å². The lowest BCUT2D eigenvalue weighted by molar-refractivity contribution is -0.138. The molecule has 3 aromatic carbocycles. The van der Waals surface area contributed by atoms with Crippen molar-refractivity contribution in [1.82, 2.24) is 34.6 Å². The molecule has 0 radical (unpaired) electrons. The molecule has 2 N–H and O–H groups in total. The van der Waals surface area contributed by atoms with Gasteiger partial charge in [0.05, 0.1) is 43.0 Å². The number of aliphatic imine (C=N–C) groups is 1. The Hall–Kier alpha value is -6.32. The zero-order valence-electron chi connectivity index (χ0n) is 34.4. The molecule has 2 saturated heterocycles. The van der Waals surface area contributed by atoms with Crippen LogP contribution in [0.1, 0.15) is 99.8 Å². The lowest BCUT2D eigenvalue weighted by Crippen LogP contribution is -2.43. The van der Waals surface area contributed by atoms with Crippen molar-refractivity contribution in [3.63, 3.8) is 0 Å². The van der Waals surface area contributed by atoms with Gasteiger partial charge < -0.3 is 24.5 Å². The molecule has 3 atom stereocenters. The Labute approximate surface area is 346 Å². The maximum atomic E-state index is 14.2. The summed E-state index contributed by atoms with van der Waals surface area (Å²) in [6.07, 6.45) is 6.25. The fraction of sp³-hybridized carbons (Fsp3) is 0.362. The van der Waals surface area contributed by atoms with Gasteiger partial charge in [0.25, 0.3) is 5.91 Å². The third kappa shape index (κ3) is 9.06. The Bertz CT molecular complexity index is 2330. The van der Waals surface area contributed by atoms with Gasteiger partial charge in [0.2, 0.25) is 5.91 Å². The van der Waals surface area contributed by atoms with Crippen LogP contribution in [0.4, 0.5) is 4.79 Å². The number of carbonyl (C=O) groups excluding carboxylic acids is 3. The van der Waals surface area contributed by atoms with E-state index >= 15 is 0 Å². The normalized spacial score (nSPS) is 17.3. The van der Waals surface area contributed by atoms with Crippen LogP contribution in [0.3, 0.4) is 0 Å². The van der Waals surface area contributed by atoms with E-state index in [9.17, 15) is 14.4 Å². The molecule has 7 rings (SSSR count). The monoisotopic (exact) mass is 792 g/mol. The van der Waals surface area contributed by atoms with Crippen molar-refractivity contribution in [1.29, 1.82) is 0 Å². The number of nitrogens with one attached hydrogen (secondary N) is 2. The Morgan fingerprint density at radius 2 is 1.29 bits per heavy atom. The molecule has 3 amide bonds. The standard InChI is InChI=1S/C47H52N8O4/c1-6-53(7-2)42(36-13-9-8-10-14-36)46(57)55-28-12-16-40(55)44-49-30-38(51-44)35-25-21-33(22-26-35)18-17-32-19-23-34(24-20-32)37-29-48-43(50-37)39-15-11-27-54(39)45(56)41(31(3)4)52-47(58)59-5/h8-10,13-14,19-26,29-31,39-40,42H,6-7,11-12,15-16,27-28H2,1-5H3,(H,48,50)(H,49,51). The van der Waals surface area contributed by atoms with Crippen molar-refractivity contribution in [2.24, 2.45) is 10.9 Å². The number of aromatic amines is 2. The van der Waals surface area contributed by atoms with E-state index in [1.54, 1.807) is 11.1 Å². The van der Waals surface area contributed by atoms with Crippen molar-refractivity contribution < 1.29 is 19.1 Å². The quantitative estimate of drug-likeness (QED) is 0.102. The van der Waals surface area contributed by atoms with E-state index < -0.39 is 6.09 Å². The molecule has 2 aliphatic heterocycles. The van der Waals surface area contributed by atoms with Gasteiger partial charge in [0.15, 0.2) is 0 Å². The van der Waals surface area contributed by atoms with Crippen LogP contribution in [-0.4, -0.2) is 91.5 Å². The van der Waals surface area contributed by atoms with E-state index in [1.807, 2.05) is 104 Å². The Morgan fingerprint density at radius 1 is 0.780 bits per heavy atom. The van der Waals surface area contributed by atoms with Crippen LogP contribution in [-0.2, 0) is 14.3 Å². The van der Waals surface area contributed by atoms with Crippen LogP contribution in [0.25, 0.3) is 22.5 Å². The average molecular weight is 793 g/mol. The highest BCUT2D eigenvalue weighted by Crippen LogP contribution is 2.36. The predicted octanol–water partition coefficient (Wildman–Crippen LogP) is 8.14. The maximum Gasteiger partial charge on any atom is 0.433 e. The second kappa shape index (κ2) is 18.5. The van der Waals surface area contributed by atoms with Crippen LogP contribution >= 0.6 is 0 Å². The SMILES string of the molecule is CCN(CC)C(C(=O)N1CCCC1c1ncc(-c2ccc(C#Cc3ccc(-c4cnc(C5CCCN5C(=O)C(=NC(=O)OC)C(C)C)[nH]4)cc3)cc2)[nH]1)c1ccccc1. The van der Waals surface area contributed by atoms with E-state index in [0.717, 1.165) is 83.8 Å². The molecular formula is C47H52N8O4. The molecular weight excluding hydrogens is 741 g/mol. The Kier molecular flexibility index (Phi) is 12.8. The van der Waals surface area contributed by atoms with Crippen molar-refractivity contribution in [3.05, 3.63) is 120 Å². The molecule has 12 nitrogen and oxygen atoms in total. The number of aromatic nitrogens is 4. The van der Waals surface area contributed by atoms with Crippen LogP contribution in [0, 0.1) is 17.8 Å². The number of nitrogens with zero attached hydrogens (tertiary/aromatic N) is 6. The third-order valence-electron chi connectivity index (χ3n) is 11.3. The lowest BCUT2D eigenvalue weighted by atomic mass is 10.0. The van der Waals surface area contributed by atoms with Gasteiger partial charge in [0.1, 0.15) is 23.4 Å². The number of methoxy groups -OCH3 is 1. The first kappa shape index (κ1) is 40.9. The van der Waals surface area contributed by atoms with Crippen LogP contribution in [0.15, 0.2) is 96.2 Å². The highest BCUT2D eigenvalue weighted by atomic mass is 16.5. The summed E-state index contributed by atoms with van der Waals surface area (Å²) in [5.74, 6) is 7.68. The molecule has 2 fully saturated rings. The molecule has 2 aromatic heterocycles. The van der Waals surface area contributed by atoms with Gasteiger partial charge in [-0.2, -0.15) is 4.99 Å². The summed E-state index contributed by atoms with van der Waals surface area (Å²) in [6, 6.07) is 25.5. The molecule has 304 valence electrons. The number of H-pyrrole nitrogens is 2. The highest BCUT2D eigenvalue weighted by Gasteiger charge is 2.38. The Morgan fingerprint density at radius 3 is 1.78 bits per heavy atom. The summed E-state index contributed by atoms with van der Waals surface area (Å²) >= 11 is 0. The second-order valence-electron chi connectivity index (χ2n) is 15.3. The van der Waals surface area contributed by atoms with E-state index in [0.29, 0.717) is 18.9 Å². The van der Waals surface area contributed by atoms with Gasteiger partial charge in [0, 0.05) is 30.1 Å². The van der Waals surface area contributed by atoms with Crippen molar-refractivity contribution in [2.75, 3.05) is 33.3 Å². The number of ether oxygens (including phenoxy) is 1. The minimum atomic E-state index is -0.782. The topological polar surface area (TPSA) is 140 Å². The molecule has 12 heteroatoms.